The SMILES string of the molecule is Cn1nc(-c2ccc(Cl)cc2)sc1=NCCC(Cl)c1ccccc1. The molecular formula is C18H17Cl2N3S. The number of aromatic nitrogens is 2. The maximum absolute atomic E-state index is 6.44. The van der Waals surface area contributed by atoms with Crippen molar-refractivity contribution in [3.63, 3.8) is 0 Å². The molecule has 0 aliphatic rings. The fourth-order valence-electron chi connectivity index (χ4n) is 2.30. The lowest BCUT2D eigenvalue weighted by molar-refractivity contribution is 0.705. The summed E-state index contributed by atoms with van der Waals surface area (Å²) in [7, 11) is 1.91. The van der Waals surface area contributed by atoms with Crippen molar-refractivity contribution < 1.29 is 0 Å². The normalized spacial score (nSPS) is 13.2. The Kier molecular flexibility index (Phi) is 5.72. The molecule has 0 amide bonds. The molecule has 1 heterocycles. The predicted molar refractivity (Wildman–Crippen MR) is 102 cm³/mol. The predicted octanol–water partition coefficient (Wildman–Crippen LogP) is 5.07. The molecule has 1 atom stereocenters. The summed E-state index contributed by atoms with van der Waals surface area (Å²) in [5, 5.41) is 6.16. The van der Waals surface area contributed by atoms with Gasteiger partial charge in [-0.25, -0.2) is 4.68 Å². The van der Waals surface area contributed by atoms with Crippen molar-refractivity contribution >= 4 is 34.5 Å². The summed E-state index contributed by atoms with van der Waals surface area (Å²) in [4.78, 5) is 5.53. The van der Waals surface area contributed by atoms with Crippen molar-refractivity contribution in [2.45, 2.75) is 11.8 Å². The summed E-state index contributed by atoms with van der Waals surface area (Å²) < 4.78 is 1.81. The van der Waals surface area contributed by atoms with Gasteiger partial charge in [-0.05, 0) is 24.1 Å². The van der Waals surface area contributed by atoms with Crippen molar-refractivity contribution in [1.29, 1.82) is 0 Å². The molecule has 2 aromatic carbocycles. The van der Waals surface area contributed by atoms with Crippen LogP contribution in [0.5, 0.6) is 0 Å². The molecule has 3 aromatic rings. The molecule has 0 N–H and O–H groups in total. The summed E-state index contributed by atoms with van der Waals surface area (Å²) in [5.41, 5.74) is 2.17. The Hall–Kier alpha value is -1.62. The van der Waals surface area contributed by atoms with Crippen LogP contribution in [0.25, 0.3) is 10.6 Å². The van der Waals surface area contributed by atoms with Gasteiger partial charge in [0, 0.05) is 24.2 Å². The molecule has 1 aromatic heterocycles. The standard InChI is InChI=1S/C18H17Cl2N3S/c1-23-18(21-12-11-16(20)13-5-3-2-4-6-13)24-17(22-23)14-7-9-15(19)10-8-14/h2-10,16H,11-12H2,1H3. The minimum atomic E-state index is -0.0242. The van der Waals surface area contributed by atoms with Gasteiger partial charge in [-0.15, -0.1) is 11.6 Å². The van der Waals surface area contributed by atoms with E-state index >= 15 is 0 Å². The Labute approximate surface area is 155 Å². The zero-order chi connectivity index (χ0) is 16.9. The van der Waals surface area contributed by atoms with E-state index in [1.165, 1.54) is 0 Å². The lowest BCUT2D eigenvalue weighted by atomic mass is 10.1. The van der Waals surface area contributed by atoms with E-state index in [9.17, 15) is 0 Å². The zero-order valence-corrected chi connectivity index (χ0v) is 15.5. The lowest BCUT2D eigenvalue weighted by Gasteiger charge is -2.06. The first-order chi connectivity index (χ1) is 11.6. The van der Waals surface area contributed by atoms with E-state index in [0.29, 0.717) is 6.54 Å². The van der Waals surface area contributed by atoms with Crippen molar-refractivity contribution in [2.75, 3.05) is 6.54 Å². The van der Waals surface area contributed by atoms with Crippen LogP contribution in [0.3, 0.4) is 0 Å². The van der Waals surface area contributed by atoms with Crippen molar-refractivity contribution in [3.8, 4) is 10.6 Å². The van der Waals surface area contributed by atoms with Gasteiger partial charge < -0.3 is 0 Å². The fourth-order valence-corrected chi connectivity index (χ4v) is 3.59. The Bertz CT molecular complexity index is 854. The van der Waals surface area contributed by atoms with E-state index in [1.807, 2.05) is 61.6 Å². The van der Waals surface area contributed by atoms with Crippen LogP contribution in [0.2, 0.25) is 5.02 Å². The minimum Gasteiger partial charge on any atom is -0.258 e. The molecular weight excluding hydrogens is 361 g/mol. The van der Waals surface area contributed by atoms with Crippen molar-refractivity contribution in [2.24, 2.45) is 12.0 Å². The van der Waals surface area contributed by atoms with Gasteiger partial charge in [0.25, 0.3) is 0 Å². The summed E-state index contributed by atoms with van der Waals surface area (Å²) in [6.07, 6.45) is 0.791. The molecule has 24 heavy (non-hydrogen) atoms. The van der Waals surface area contributed by atoms with E-state index in [4.69, 9.17) is 23.2 Å². The number of hydrogen-bond donors (Lipinski definition) is 0. The Balaban J connectivity index is 1.71. The van der Waals surface area contributed by atoms with E-state index in [2.05, 4.69) is 10.1 Å². The molecule has 3 nitrogen and oxygen atoms in total. The smallest absolute Gasteiger partial charge is 0.203 e. The molecule has 124 valence electrons. The van der Waals surface area contributed by atoms with Crippen LogP contribution in [0, 0.1) is 0 Å². The number of benzene rings is 2. The molecule has 0 aliphatic carbocycles. The van der Waals surface area contributed by atoms with Crippen LogP contribution in [-0.2, 0) is 7.05 Å². The number of alkyl halides is 1. The van der Waals surface area contributed by atoms with Crippen LogP contribution < -0.4 is 4.80 Å². The molecule has 0 spiro atoms. The fraction of sp³-hybridized carbons (Fsp3) is 0.222. The Morgan fingerprint density at radius 2 is 1.83 bits per heavy atom. The second kappa shape index (κ2) is 7.97. The van der Waals surface area contributed by atoms with Crippen LogP contribution in [0.4, 0.5) is 0 Å². The zero-order valence-electron chi connectivity index (χ0n) is 13.2. The first kappa shape index (κ1) is 17.2. The highest BCUT2D eigenvalue weighted by atomic mass is 35.5. The van der Waals surface area contributed by atoms with Crippen LogP contribution in [0.15, 0.2) is 59.6 Å². The van der Waals surface area contributed by atoms with Gasteiger partial charge in [0.1, 0.15) is 5.01 Å². The number of nitrogens with zero attached hydrogens (tertiary/aromatic N) is 3. The minimum absolute atomic E-state index is 0.0242. The molecule has 1 unspecified atom stereocenters. The van der Waals surface area contributed by atoms with E-state index in [0.717, 1.165) is 32.4 Å². The number of rotatable bonds is 5. The van der Waals surface area contributed by atoms with E-state index < -0.39 is 0 Å². The summed E-state index contributed by atoms with van der Waals surface area (Å²) in [6.45, 7) is 0.666. The van der Waals surface area contributed by atoms with E-state index in [1.54, 1.807) is 16.0 Å². The highest BCUT2D eigenvalue weighted by molar-refractivity contribution is 7.12. The van der Waals surface area contributed by atoms with Gasteiger partial charge >= 0.3 is 0 Å². The molecule has 0 saturated carbocycles. The second-order valence-corrected chi connectivity index (χ2v) is 7.29. The van der Waals surface area contributed by atoms with Crippen molar-refractivity contribution in [1.82, 2.24) is 9.78 Å². The Morgan fingerprint density at radius 3 is 2.54 bits per heavy atom. The van der Waals surface area contributed by atoms with Crippen molar-refractivity contribution in [3.05, 3.63) is 70.0 Å². The van der Waals surface area contributed by atoms with Gasteiger partial charge in [-0.1, -0.05) is 65.4 Å². The number of aryl methyl sites for hydroxylation is 1. The summed E-state index contributed by atoms with van der Waals surface area (Å²) >= 11 is 13.9. The highest BCUT2D eigenvalue weighted by Gasteiger charge is 2.08. The van der Waals surface area contributed by atoms with Gasteiger partial charge in [0.15, 0.2) is 0 Å². The Morgan fingerprint density at radius 1 is 1.12 bits per heavy atom. The third kappa shape index (κ3) is 4.26. The molecule has 0 saturated heterocycles. The average Bonchev–Trinajstić information content (AvgIpc) is 2.97. The maximum Gasteiger partial charge on any atom is 0.203 e. The lowest BCUT2D eigenvalue weighted by Crippen LogP contribution is -2.12. The molecule has 0 radical (unpaired) electrons. The van der Waals surface area contributed by atoms with E-state index in [-0.39, 0.29) is 5.38 Å². The quantitative estimate of drug-likeness (QED) is 0.570. The molecule has 3 rings (SSSR count). The highest BCUT2D eigenvalue weighted by Crippen LogP contribution is 2.24. The number of hydrogen-bond acceptors (Lipinski definition) is 3. The first-order valence-electron chi connectivity index (χ1n) is 7.63. The third-order valence-electron chi connectivity index (χ3n) is 3.59. The third-order valence-corrected chi connectivity index (χ3v) is 5.40. The average molecular weight is 378 g/mol. The molecule has 6 heteroatoms. The molecule has 0 aliphatic heterocycles. The van der Waals surface area contributed by atoms with Gasteiger partial charge in [-0.2, -0.15) is 5.10 Å². The topological polar surface area (TPSA) is 30.2 Å². The summed E-state index contributed by atoms with van der Waals surface area (Å²) in [6, 6.07) is 17.8. The van der Waals surface area contributed by atoms with Crippen LogP contribution in [-0.4, -0.2) is 16.3 Å². The van der Waals surface area contributed by atoms with Gasteiger partial charge in [0.2, 0.25) is 4.80 Å². The number of halogens is 2. The summed E-state index contributed by atoms with van der Waals surface area (Å²) in [5.74, 6) is 0. The van der Waals surface area contributed by atoms with Crippen LogP contribution in [0.1, 0.15) is 17.4 Å². The largest absolute Gasteiger partial charge is 0.258 e. The monoisotopic (exact) mass is 377 g/mol. The molecule has 0 fully saturated rings. The molecule has 0 bridgehead atoms. The first-order valence-corrected chi connectivity index (χ1v) is 9.26. The van der Waals surface area contributed by atoms with Gasteiger partial charge in [-0.3, -0.25) is 4.99 Å². The van der Waals surface area contributed by atoms with Crippen LogP contribution >= 0.6 is 34.5 Å². The second-order valence-electron chi connectivity index (χ2n) is 5.37. The maximum atomic E-state index is 6.44. The van der Waals surface area contributed by atoms with Gasteiger partial charge in [0.05, 0.1) is 5.38 Å².